The second kappa shape index (κ2) is 13.1. The third-order valence-electron chi connectivity index (χ3n) is 5.14. The maximum atomic E-state index is 12.8. The lowest BCUT2D eigenvalue weighted by Gasteiger charge is -2.18. The zero-order valence-electron chi connectivity index (χ0n) is 19.6. The number of carbonyl (C=O) groups is 1. The molecule has 4 heteroatoms. The molecular weight excluding hydrogens is 386 g/mol. The Hall–Kier alpha value is -2.46. The van der Waals surface area contributed by atoms with Crippen LogP contribution in [0.5, 0.6) is 0 Å². The number of carbonyl (C=O) groups excluding carboxylic acids is 1. The van der Waals surface area contributed by atoms with Gasteiger partial charge in [0.2, 0.25) is 0 Å². The molecule has 2 aromatic carbocycles. The smallest absolute Gasteiger partial charge is 0.331 e. The standard InChI is InChI=1S/C27H37NO3/c1-6-30-19-22(5)31-27(29)26(17-23-10-8-7-9-11-23)28-18-21(4)16-24-12-14-25(15-13-24)20(2)3/h7-15,18,20-22,26H,6,16-17,19H2,1-5H3. The molecule has 0 aliphatic rings. The highest BCUT2D eigenvalue weighted by molar-refractivity contribution is 5.79. The number of nitrogens with zero attached hydrogens (tertiary/aromatic N) is 1. The summed E-state index contributed by atoms with van der Waals surface area (Å²) in [5, 5.41) is 0. The van der Waals surface area contributed by atoms with Gasteiger partial charge >= 0.3 is 5.97 Å². The zero-order valence-corrected chi connectivity index (χ0v) is 19.6. The first kappa shape index (κ1) is 24.8. The Kier molecular flexibility index (Phi) is 10.5. The van der Waals surface area contributed by atoms with Crippen molar-refractivity contribution in [2.24, 2.45) is 10.9 Å². The highest BCUT2D eigenvalue weighted by Gasteiger charge is 2.22. The second-order valence-electron chi connectivity index (χ2n) is 8.49. The average Bonchev–Trinajstić information content (AvgIpc) is 2.76. The number of hydrogen-bond donors (Lipinski definition) is 0. The van der Waals surface area contributed by atoms with Crippen molar-refractivity contribution in [3.8, 4) is 0 Å². The minimum Gasteiger partial charge on any atom is -0.459 e. The topological polar surface area (TPSA) is 47.9 Å². The maximum absolute atomic E-state index is 12.8. The summed E-state index contributed by atoms with van der Waals surface area (Å²) in [4.78, 5) is 17.5. The lowest BCUT2D eigenvalue weighted by Crippen LogP contribution is -2.30. The van der Waals surface area contributed by atoms with Crippen molar-refractivity contribution in [1.82, 2.24) is 0 Å². The Balaban J connectivity index is 2.03. The Morgan fingerprint density at radius 2 is 1.58 bits per heavy atom. The van der Waals surface area contributed by atoms with Gasteiger partial charge in [-0.1, -0.05) is 75.4 Å². The van der Waals surface area contributed by atoms with Gasteiger partial charge in [0.25, 0.3) is 0 Å². The van der Waals surface area contributed by atoms with Gasteiger partial charge in [0.15, 0.2) is 6.04 Å². The third kappa shape index (κ3) is 9.06. The van der Waals surface area contributed by atoms with E-state index in [4.69, 9.17) is 9.47 Å². The second-order valence-corrected chi connectivity index (χ2v) is 8.49. The lowest BCUT2D eigenvalue weighted by molar-refractivity contribution is -0.152. The van der Waals surface area contributed by atoms with Crippen LogP contribution in [-0.2, 0) is 27.1 Å². The van der Waals surface area contributed by atoms with E-state index in [1.165, 1.54) is 11.1 Å². The van der Waals surface area contributed by atoms with Gasteiger partial charge in [0.1, 0.15) is 6.10 Å². The quantitative estimate of drug-likeness (QED) is 0.328. The molecule has 31 heavy (non-hydrogen) atoms. The number of esters is 1. The van der Waals surface area contributed by atoms with E-state index in [1.54, 1.807) is 0 Å². The van der Waals surface area contributed by atoms with Crippen molar-refractivity contribution in [2.75, 3.05) is 13.2 Å². The Bertz CT molecular complexity index is 799. The van der Waals surface area contributed by atoms with Gasteiger partial charge in [-0.3, -0.25) is 4.99 Å². The van der Waals surface area contributed by atoms with Crippen molar-refractivity contribution in [3.05, 3.63) is 71.3 Å². The van der Waals surface area contributed by atoms with Crippen LogP contribution < -0.4 is 0 Å². The fraction of sp³-hybridized carbons (Fsp3) is 0.481. The summed E-state index contributed by atoms with van der Waals surface area (Å²) in [6, 6.07) is 18.1. The van der Waals surface area contributed by atoms with Crippen molar-refractivity contribution in [3.63, 3.8) is 0 Å². The highest BCUT2D eigenvalue weighted by atomic mass is 16.6. The molecule has 0 bridgehead atoms. The fourth-order valence-corrected chi connectivity index (χ4v) is 3.34. The number of ether oxygens (including phenoxy) is 2. The predicted octanol–water partition coefficient (Wildman–Crippen LogP) is 5.64. The van der Waals surface area contributed by atoms with Crippen LogP contribution in [0.1, 0.15) is 57.2 Å². The van der Waals surface area contributed by atoms with E-state index < -0.39 is 6.04 Å². The minimum absolute atomic E-state index is 0.219. The van der Waals surface area contributed by atoms with E-state index in [-0.39, 0.29) is 18.0 Å². The summed E-state index contributed by atoms with van der Waals surface area (Å²) in [6.07, 6.45) is 3.01. The van der Waals surface area contributed by atoms with E-state index in [0.717, 1.165) is 12.0 Å². The van der Waals surface area contributed by atoms with Gasteiger partial charge in [-0.2, -0.15) is 0 Å². The monoisotopic (exact) mass is 423 g/mol. The molecule has 0 aromatic heterocycles. The molecule has 2 aromatic rings. The van der Waals surface area contributed by atoms with Gasteiger partial charge in [0.05, 0.1) is 6.61 Å². The van der Waals surface area contributed by atoms with E-state index >= 15 is 0 Å². The van der Waals surface area contributed by atoms with Crippen LogP contribution in [0.3, 0.4) is 0 Å². The zero-order chi connectivity index (χ0) is 22.6. The van der Waals surface area contributed by atoms with Crippen LogP contribution >= 0.6 is 0 Å². The van der Waals surface area contributed by atoms with E-state index in [2.05, 4.69) is 50.0 Å². The number of benzene rings is 2. The first-order valence-electron chi connectivity index (χ1n) is 11.3. The van der Waals surface area contributed by atoms with Crippen molar-refractivity contribution >= 4 is 12.2 Å². The Labute approximate surface area is 187 Å². The van der Waals surface area contributed by atoms with E-state index in [9.17, 15) is 4.79 Å². The van der Waals surface area contributed by atoms with Crippen LogP contribution in [0.15, 0.2) is 59.6 Å². The average molecular weight is 424 g/mol. The summed E-state index contributed by atoms with van der Waals surface area (Å²) in [6.45, 7) is 11.3. The van der Waals surface area contributed by atoms with Gasteiger partial charge in [-0.05, 0) is 48.8 Å². The summed E-state index contributed by atoms with van der Waals surface area (Å²) in [5.41, 5.74) is 3.68. The van der Waals surface area contributed by atoms with Gasteiger partial charge in [-0.25, -0.2) is 4.79 Å². The van der Waals surface area contributed by atoms with Gasteiger partial charge in [0, 0.05) is 19.2 Å². The normalized spacial score (nSPS) is 14.5. The first-order valence-corrected chi connectivity index (χ1v) is 11.3. The van der Waals surface area contributed by atoms with Crippen LogP contribution in [-0.4, -0.2) is 37.5 Å². The van der Waals surface area contributed by atoms with E-state index in [0.29, 0.717) is 25.6 Å². The molecule has 0 heterocycles. The van der Waals surface area contributed by atoms with Crippen LogP contribution in [0, 0.1) is 5.92 Å². The fourth-order valence-electron chi connectivity index (χ4n) is 3.34. The summed E-state index contributed by atoms with van der Waals surface area (Å²) >= 11 is 0. The van der Waals surface area contributed by atoms with Crippen molar-refractivity contribution in [1.29, 1.82) is 0 Å². The molecular formula is C27H37NO3. The predicted molar refractivity (Wildman–Crippen MR) is 128 cm³/mol. The molecule has 0 N–H and O–H groups in total. The highest BCUT2D eigenvalue weighted by Crippen LogP contribution is 2.17. The summed E-state index contributed by atoms with van der Waals surface area (Å²) in [5.74, 6) is 0.445. The first-order chi connectivity index (χ1) is 14.9. The molecule has 0 aliphatic carbocycles. The molecule has 0 fully saturated rings. The summed E-state index contributed by atoms with van der Waals surface area (Å²) < 4.78 is 11.0. The summed E-state index contributed by atoms with van der Waals surface area (Å²) in [7, 11) is 0. The van der Waals surface area contributed by atoms with Crippen LogP contribution in [0.25, 0.3) is 0 Å². The molecule has 0 saturated heterocycles. The molecule has 2 rings (SSSR count). The van der Waals surface area contributed by atoms with E-state index in [1.807, 2.05) is 50.4 Å². The Morgan fingerprint density at radius 3 is 2.19 bits per heavy atom. The lowest BCUT2D eigenvalue weighted by atomic mass is 9.97. The maximum Gasteiger partial charge on any atom is 0.331 e. The number of hydrogen-bond acceptors (Lipinski definition) is 4. The third-order valence-corrected chi connectivity index (χ3v) is 5.14. The van der Waals surface area contributed by atoms with Gasteiger partial charge < -0.3 is 9.47 Å². The molecule has 0 aliphatic heterocycles. The molecule has 0 saturated carbocycles. The molecule has 168 valence electrons. The Morgan fingerprint density at radius 1 is 0.935 bits per heavy atom. The number of aliphatic imine (C=N–C) groups is 1. The number of rotatable bonds is 12. The SMILES string of the molecule is CCOCC(C)OC(=O)C(Cc1ccccc1)N=CC(C)Cc1ccc(C(C)C)cc1. The molecule has 3 unspecified atom stereocenters. The van der Waals surface area contributed by atoms with Crippen LogP contribution in [0.2, 0.25) is 0 Å². The molecule has 4 nitrogen and oxygen atoms in total. The van der Waals surface area contributed by atoms with Gasteiger partial charge in [-0.15, -0.1) is 0 Å². The van der Waals surface area contributed by atoms with Crippen molar-refractivity contribution in [2.45, 2.75) is 65.5 Å². The largest absolute Gasteiger partial charge is 0.459 e. The molecule has 0 amide bonds. The molecule has 3 atom stereocenters. The minimum atomic E-state index is -0.558. The molecule has 0 spiro atoms. The molecule has 0 radical (unpaired) electrons. The van der Waals surface area contributed by atoms with Crippen LogP contribution in [0.4, 0.5) is 0 Å². The van der Waals surface area contributed by atoms with Crippen molar-refractivity contribution < 1.29 is 14.3 Å².